The number of benzene rings is 1. The Kier molecular flexibility index (Phi) is 8.52. The number of aryl methyl sites for hydroxylation is 2. The van der Waals surface area contributed by atoms with Gasteiger partial charge in [-0.3, -0.25) is 4.99 Å². The summed E-state index contributed by atoms with van der Waals surface area (Å²) in [5.41, 5.74) is 2.28. The van der Waals surface area contributed by atoms with E-state index in [1.807, 2.05) is 13.1 Å². The molecule has 0 amide bonds. The number of fused-ring (bicyclic) bond motifs is 1. The molecule has 24 heavy (non-hydrogen) atoms. The molecule has 0 bridgehead atoms. The van der Waals surface area contributed by atoms with Crippen molar-refractivity contribution in [2.24, 2.45) is 10.9 Å². The Labute approximate surface area is 162 Å². The van der Waals surface area contributed by atoms with Crippen molar-refractivity contribution in [1.29, 1.82) is 0 Å². The van der Waals surface area contributed by atoms with Gasteiger partial charge in [0.25, 0.3) is 0 Å². The van der Waals surface area contributed by atoms with Crippen molar-refractivity contribution >= 4 is 41.0 Å². The predicted molar refractivity (Wildman–Crippen MR) is 113 cm³/mol. The van der Waals surface area contributed by atoms with Gasteiger partial charge >= 0.3 is 0 Å². The number of rotatable bonds is 6. The molecule has 0 fully saturated rings. The third-order valence-corrected chi connectivity index (χ3v) is 4.28. The molecule has 0 aliphatic heterocycles. The highest BCUT2D eigenvalue weighted by Gasteiger charge is 2.09. The van der Waals surface area contributed by atoms with Crippen LogP contribution >= 0.6 is 24.0 Å². The van der Waals surface area contributed by atoms with Crippen molar-refractivity contribution in [3.8, 4) is 0 Å². The number of aliphatic imine (C=N–C) groups is 1. The van der Waals surface area contributed by atoms with Crippen LogP contribution in [0.25, 0.3) is 11.0 Å². The first-order chi connectivity index (χ1) is 11.0. The zero-order valence-electron chi connectivity index (χ0n) is 15.3. The molecule has 0 aliphatic rings. The maximum absolute atomic E-state index is 4.61. The standard InChI is InChI=1S/C18H29N5.HI/c1-13(2)14(3)21-18(19-5)20-11-8-12-23-15(4)22-16-9-6-7-10-17(16)23;/h6-7,9-10,13-14H,8,11-12H2,1-5H3,(H2,19,20,21);1H. The number of aromatic nitrogens is 2. The summed E-state index contributed by atoms with van der Waals surface area (Å²) in [6, 6.07) is 8.70. The second kappa shape index (κ2) is 9.86. The average Bonchev–Trinajstić information content (AvgIpc) is 2.85. The fourth-order valence-corrected chi connectivity index (χ4v) is 2.50. The summed E-state index contributed by atoms with van der Waals surface area (Å²) in [6.07, 6.45) is 1.03. The van der Waals surface area contributed by atoms with Gasteiger partial charge in [0.1, 0.15) is 5.82 Å². The summed E-state index contributed by atoms with van der Waals surface area (Å²) in [6.45, 7) is 10.5. The van der Waals surface area contributed by atoms with Crippen molar-refractivity contribution in [3.63, 3.8) is 0 Å². The van der Waals surface area contributed by atoms with E-state index >= 15 is 0 Å². The maximum atomic E-state index is 4.61. The van der Waals surface area contributed by atoms with Crippen molar-refractivity contribution in [3.05, 3.63) is 30.1 Å². The molecular weight excluding hydrogens is 413 g/mol. The van der Waals surface area contributed by atoms with Crippen molar-refractivity contribution in [2.75, 3.05) is 13.6 Å². The number of hydrogen-bond acceptors (Lipinski definition) is 2. The van der Waals surface area contributed by atoms with E-state index in [0.717, 1.165) is 36.8 Å². The Morgan fingerprint density at radius 1 is 1.25 bits per heavy atom. The van der Waals surface area contributed by atoms with Crippen LogP contribution in [0.1, 0.15) is 33.0 Å². The van der Waals surface area contributed by atoms with Crippen molar-refractivity contribution < 1.29 is 0 Å². The molecule has 2 rings (SSSR count). The molecule has 2 aromatic rings. The molecule has 0 spiro atoms. The van der Waals surface area contributed by atoms with Crippen LogP contribution < -0.4 is 10.6 Å². The molecule has 1 atom stereocenters. The van der Waals surface area contributed by atoms with Gasteiger partial charge in [0.2, 0.25) is 0 Å². The molecule has 1 aromatic heterocycles. The molecule has 134 valence electrons. The lowest BCUT2D eigenvalue weighted by Gasteiger charge is -2.20. The molecule has 1 heterocycles. The lowest BCUT2D eigenvalue weighted by Crippen LogP contribution is -2.44. The molecule has 0 radical (unpaired) electrons. The van der Waals surface area contributed by atoms with Gasteiger partial charge in [0.05, 0.1) is 11.0 Å². The van der Waals surface area contributed by atoms with Crippen LogP contribution in [0.3, 0.4) is 0 Å². The smallest absolute Gasteiger partial charge is 0.191 e. The number of nitrogens with zero attached hydrogens (tertiary/aromatic N) is 3. The van der Waals surface area contributed by atoms with E-state index in [4.69, 9.17) is 0 Å². The van der Waals surface area contributed by atoms with Crippen LogP contribution in [0, 0.1) is 12.8 Å². The molecule has 6 heteroatoms. The van der Waals surface area contributed by atoms with Gasteiger partial charge in [-0.1, -0.05) is 26.0 Å². The first-order valence-corrected chi connectivity index (χ1v) is 8.42. The zero-order valence-corrected chi connectivity index (χ0v) is 17.7. The van der Waals surface area contributed by atoms with E-state index in [0.29, 0.717) is 12.0 Å². The number of imidazole rings is 1. The van der Waals surface area contributed by atoms with E-state index in [1.165, 1.54) is 5.52 Å². The fourth-order valence-electron chi connectivity index (χ4n) is 2.50. The monoisotopic (exact) mass is 443 g/mol. The largest absolute Gasteiger partial charge is 0.356 e. The fraction of sp³-hybridized carbons (Fsp3) is 0.556. The normalized spacial score (nSPS) is 13.0. The summed E-state index contributed by atoms with van der Waals surface area (Å²) >= 11 is 0. The molecule has 1 aromatic carbocycles. The number of halogens is 1. The van der Waals surface area contributed by atoms with Gasteiger partial charge < -0.3 is 15.2 Å². The molecular formula is C18H30IN5. The Morgan fingerprint density at radius 3 is 2.62 bits per heavy atom. The summed E-state index contributed by atoms with van der Waals surface area (Å²) in [7, 11) is 1.82. The van der Waals surface area contributed by atoms with Gasteiger partial charge in [-0.15, -0.1) is 24.0 Å². The van der Waals surface area contributed by atoms with E-state index in [9.17, 15) is 0 Å². The van der Waals surface area contributed by atoms with Gasteiger partial charge in [-0.2, -0.15) is 0 Å². The Balaban J connectivity index is 0.00000288. The minimum atomic E-state index is 0. The lowest BCUT2D eigenvalue weighted by molar-refractivity contribution is 0.480. The number of nitrogens with one attached hydrogen (secondary N) is 2. The van der Waals surface area contributed by atoms with Crippen molar-refractivity contribution in [2.45, 2.75) is 46.7 Å². The van der Waals surface area contributed by atoms with Crippen LogP contribution in [0.15, 0.2) is 29.3 Å². The predicted octanol–water partition coefficient (Wildman–Crippen LogP) is 3.56. The molecule has 2 N–H and O–H groups in total. The summed E-state index contributed by atoms with van der Waals surface area (Å²) in [5, 5.41) is 6.81. The van der Waals surface area contributed by atoms with Crippen LogP contribution in [0.4, 0.5) is 0 Å². The van der Waals surface area contributed by atoms with E-state index in [1.54, 1.807) is 0 Å². The third kappa shape index (κ3) is 5.36. The second-order valence-corrected chi connectivity index (χ2v) is 6.33. The first-order valence-electron chi connectivity index (χ1n) is 8.42. The molecule has 0 saturated carbocycles. The minimum Gasteiger partial charge on any atom is -0.356 e. The Morgan fingerprint density at radius 2 is 1.96 bits per heavy atom. The topological polar surface area (TPSA) is 54.2 Å². The first kappa shape index (κ1) is 20.7. The van der Waals surface area contributed by atoms with Gasteiger partial charge in [-0.05, 0) is 38.3 Å². The van der Waals surface area contributed by atoms with Crippen LogP contribution in [-0.2, 0) is 6.54 Å². The quantitative estimate of drug-likeness (QED) is 0.311. The minimum absolute atomic E-state index is 0. The Bertz CT molecular complexity index is 662. The number of para-hydroxylation sites is 2. The van der Waals surface area contributed by atoms with E-state index < -0.39 is 0 Å². The summed E-state index contributed by atoms with van der Waals surface area (Å²) in [5.74, 6) is 2.52. The highest BCUT2D eigenvalue weighted by Crippen LogP contribution is 2.15. The van der Waals surface area contributed by atoms with Crippen LogP contribution in [0.5, 0.6) is 0 Å². The molecule has 5 nitrogen and oxygen atoms in total. The SMILES string of the molecule is CN=C(NCCCn1c(C)nc2ccccc21)NC(C)C(C)C.I. The van der Waals surface area contributed by atoms with Gasteiger partial charge in [0, 0.05) is 26.2 Å². The van der Waals surface area contributed by atoms with Gasteiger partial charge in [0.15, 0.2) is 5.96 Å². The lowest BCUT2D eigenvalue weighted by atomic mass is 10.1. The summed E-state index contributed by atoms with van der Waals surface area (Å²) < 4.78 is 2.28. The van der Waals surface area contributed by atoms with E-state index in [2.05, 4.69) is 71.1 Å². The van der Waals surface area contributed by atoms with Crippen LogP contribution in [-0.4, -0.2) is 35.1 Å². The highest BCUT2D eigenvalue weighted by atomic mass is 127. The third-order valence-electron chi connectivity index (χ3n) is 4.28. The second-order valence-electron chi connectivity index (χ2n) is 6.33. The van der Waals surface area contributed by atoms with E-state index in [-0.39, 0.29) is 24.0 Å². The molecule has 0 aliphatic carbocycles. The van der Waals surface area contributed by atoms with Crippen molar-refractivity contribution in [1.82, 2.24) is 20.2 Å². The summed E-state index contributed by atoms with van der Waals surface area (Å²) in [4.78, 5) is 8.90. The highest BCUT2D eigenvalue weighted by molar-refractivity contribution is 14.0. The number of hydrogen-bond donors (Lipinski definition) is 2. The maximum Gasteiger partial charge on any atom is 0.191 e. The average molecular weight is 443 g/mol. The number of guanidine groups is 1. The van der Waals surface area contributed by atoms with Crippen LogP contribution in [0.2, 0.25) is 0 Å². The Hall–Kier alpha value is -1.31. The molecule has 1 unspecified atom stereocenters. The van der Waals surface area contributed by atoms with Gasteiger partial charge in [-0.25, -0.2) is 4.98 Å². The molecule has 0 saturated heterocycles. The zero-order chi connectivity index (χ0) is 16.8.